The molecular formula is C46H46N2. The van der Waals surface area contributed by atoms with E-state index in [1.807, 2.05) is 0 Å². The van der Waals surface area contributed by atoms with Crippen molar-refractivity contribution in [2.75, 3.05) is 9.80 Å². The van der Waals surface area contributed by atoms with E-state index in [1.165, 1.54) is 94.7 Å². The molecule has 0 aliphatic heterocycles. The number of benzene rings is 5. The first-order valence-electron chi connectivity index (χ1n) is 17.2. The van der Waals surface area contributed by atoms with Gasteiger partial charge in [-0.2, -0.15) is 0 Å². The van der Waals surface area contributed by atoms with Gasteiger partial charge >= 0.3 is 0 Å². The second-order valence-electron chi connectivity index (χ2n) is 13.9. The third-order valence-electron chi connectivity index (χ3n) is 10.7. The highest BCUT2D eigenvalue weighted by Crippen LogP contribution is 2.46. The van der Waals surface area contributed by atoms with Crippen LogP contribution < -0.4 is 20.2 Å². The first-order valence-corrected chi connectivity index (χ1v) is 17.2. The smallest absolute Gasteiger partial charge is 0.0579 e. The van der Waals surface area contributed by atoms with Crippen molar-refractivity contribution in [3.63, 3.8) is 0 Å². The molecule has 0 saturated heterocycles. The molecule has 0 fully saturated rings. The fraction of sp³-hybridized carbons (Fsp3) is 0.217. The Kier molecular flexibility index (Phi) is 8.21. The van der Waals surface area contributed by atoms with Gasteiger partial charge in [0.2, 0.25) is 0 Å². The number of anilines is 4. The number of allylic oxidation sites excluding steroid dienone is 3. The van der Waals surface area contributed by atoms with Gasteiger partial charge < -0.3 is 9.80 Å². The lowest BCUT2D eigenvalue weighted by Crippen LogP contribution is -2.45. The monoisotopic (exact) mass is 626 g/mol. The lowest BCUT2D eigenvalue weighted by molar-refractivity contribution is 0.772. The summed E-state index contributed by atoms with van der Waals surface area (Å²) in [6.07, 6.45) is 7.90. The summed E-state index contributed by atoms with van der Waals surface area (Å²) in [5.41, 5.74) is 19.1. The second kappa shape index (κ2) is 12.5. The predicted molar refractivity (Wildman–Crippen MR) is 206 cm³/mol. The van der Waals surface area contributed by atoms with Crippen molar-refractivity contribution < 1.29 is 0 Å². The molecule has 0 N–H and O–H groups in total. The van der Waals surface area contributed by atoms with E-state index in [-0.39, 0.29) is 5.92 Å². The van der Waals surface area contributed by atoms with Crippen LogP contribution in [-0.4, -0.2) is 0 Å². The molecule has 7 rings (SSSR count). The van der Waals surface area contributed by atoms with Gasteiger partial charge in [-0.05, 0) is 160 Å². The molecule has 0 bridgehead atoms. The van der Waals surface area contributed by atoms with E-state index >= 15 is 0 Å². The molecule has 0 amide bonds. The molecule has 240 valence electrons. The van der Waals surface area contributed by atoms with Crippen LogP contribution in [0.5, 0.6) is 0 Å². The summed E-state index contributed by atoms with van der Waals surface area (Å²) < 4.78 is 0. The predicted octanol–water partition coefficient (Wildman–Crippen LogP) is 10.6. The van der Waals surface area contributed by atoms with Crippen molar-refractivity contribution in [2.45, 2.75) is 61.8 Å². The SMILES string of the molecule is Cc1ccc(N(C2=c3ccccc3=C(N(c3ccc(C)c(C)c3)c3ccc(C)c(C)c3)C3CC=CC=C23)c2ccc(C)c(C)c2)cc1C. The summed E-state index contributed by atoms with van der Waals surface area (Å²) in [6, 6.07) is 36.7. The van der Waals surface area contributed by atoms with E-state index in [2.05, 4.69) is 180 Å². The van der Waals surface area contributed by atoms with Crippen molar-refractivity contribution in [2.24, 2.45) is 5.92 Å². The maximum Gasteiger partial charge on any atom is 0.0579 e. The van der Waals surface area contributed by atoms with E-state index in [0.29, 0.717) is 0 Å². The first kappa shape index (κ1) is 31.5. The van der Waals surface area contributed by atoms with Crippen molar-refractivity contribution in [3.8, 4) is 0 Å². The lowest BCUT2D eigenvalue weighted by atomic mass is 9.79. The Bertz CT molecular complexity index is 2160. The third-order valence-corrected chi connectivity index (χ3v) is 10.7. The summed E-state index contributed by atoms with van der Waals surface area (Å²) in [5, 5.41) is 2.53. The molecule has 0 heterocycles. The molecular weight excluding hydrogens is 581 g/mol. The van der Waals surface area contributed by atoms with Gasteiger partial charge in [0.25, 0.3) is 0 Å². The van der Waals surface area contributed by atoms with Crippen LogP contribution in [0.1, 0.15) is 50.9 Å². The fourth-order valence-electron chi connectivity index (χ4n) is 7.21. The quantitative estimate of drug-likeness (QED) is 0.185. The standard InChI is InChI=1S/C46H46N2/c1-29-17-21-37(25-33(29)5)47(38-22-18-30(2)34(6)26-38)45-41-13-9-11-15-43(41)46(44-16-12-10-14-42(44)45)48(39-23-19-31(3)35(7)27-39)40-24-20-32(4)36(8)28-40/h9-15,17-28,44H,16H2,1-8H3. The molecule has 48 heavy (non-hydrogen) atoms. The summed E-state index contributed by atoms with van der Waals surface area (Å²) in [5.74, 6) is 0.156. The van der Waals surface area contributed by atoms with Gasteiger partial charge in [-0.3, -0.25) is 0 Å². The minimum atomic E-state index is 0.156. The highest BCUT2D eigenvalue weighted by Gasteiger charge is 2.35. The van der Waals surface area contributed by atoms with E-state index in [4.69, 9.17) is 0 Å². The van der Waals surface area contributed by atoms with Crippen LogP contribution in [0.25, 0.3) is 11.4 Å². The maximum atomic E-state index is 2.54. The van der Waals surface area contributed by atoms with Crippen LogP contribution in [0.3, 0.4) is 0 Å². The summed E-state index contributed by atoms with van der Waals surface area (Å²) in [4.78, 5) is 5.06. The van der Waals surface area contributed by atoms with Gasteiger partial charge in [-0.1, -0.05) is 66.8 Å². The fourth-order valence-corrected chi connectivity index (χ4v) is 7.21. The van der Waals surface area contributed by atoms with Crippen molar-refractivity contribution in [1.82, 2.24) is 0 Å². The topological polar surface area (TPSA) is 6.48 Å². The van der Waals surface area contributed by atoms with Crippen LogP contribution in [0.15, 0.2) is 121 Å². The summed E-state index contributed by atoms with van der Waals surface area (Å²) in [7, 11) is 0. The molecule has 2 heteroatoms. The van der Waals surface area contributed by atoms with Gasteiger partial charge in [0.05, 0.1) is 5.70 Å². The molecule has 2 aliphatic carbocycles. The number of fused-ring (bicyclic) bond motifs is 2. The number of hydrogen-bond donors (Lipinski definition) is 0. The molecule has 2 aliphatic rings. The second-order valence-corrected chi connectivity index (χ2v) is 13.9. The van der Waals surface area contributed by atoms with Crippen LogP contribution in [0, 0.1) is 61.3 Å². The number of aryl methyl sites for hydroxylation is 8. The maximum absolute atomic E-state index is 2.54. The third kappa shape index (κ3) is 5.50. The van der Waals surface area contributed by atoms with Gasteiger partial charge in [0.15, 0.2) is 0 Å². The normalized spacial score (nSPS) is 15.2. The molecule has 1 unspecified atom stereocenters. The molecule has 0 aromatic heterocycles. The van der Waals surface area contributed by atoms with Crippen molar-refractivity contribution in [1.29, 1.82) is 0 Å². The number of nitrogens with zero attached hydrogens (tertiary/aromatic N) is 2. The van der Waals surface area contributed by atoms with Gasteiger partial charge in [-0.15, -0.1) is 0 Å². The minimum absolute atomic E-state index is 0.156. The Morgan fingerprint density at radius 1 is 0.458 bits per heavy atom. The Balaban J connectivity index is 1.62. The number of rotatable bonds is 6. The van der Waals surface area contributed by atoms with E-state index in [1.54, 1.807) is 0 Å². The number of hydrogen-bond acceptors (Lipinski definition) is 2. The molecule has 0 radical (unpaired) electrons. The largest absolute Gasteiger partial charge is 0.313 e. The molecule has 1 atom stereocenters. The zero-order valence-corrected chi connectivity index (χ0v) is 29.6. The average molecular weight is 627 g/mol. The molecule has 0 spiro atoms. The highest BCUT2D eigenvalue weighted by molar-refractivity contribution is 5.94. The van der Waals surface area contributed by atoms with Gasteiger partial charge in [-0.25, -0.2) is 0 Å². The molecule has 5 aromatic carbocycles. The average Bonchev–Trinajstić information content (AvgIpc) is 3.08. The molecule has 5 aromatic rings. The van der Waals surface area contributed by atoms with Crippen LogP contribution in [0.2, 0.25) is 0 Å². The zero-order valence-electron chi connectivity index (χ0n) is 29.6. The summed E-state index contributed by atoms with van der Waals surface area (Å²) in [6.45, 7) is 17.7. The Morgan fingerprint density at radius 2 is 0.875 bits per heavy atom. The molecule has 2 nitrogen and oxygen atoms in total. The van der Waals surface area contributed by atoms with Crippen LogP contribution in [0.4, 0.5) is 22.7 Å². The van der Waals surface area contributed by atoms with E-state index < -0.39 is 0 Å². The van der Waals surface area contributed by atoms with Crippen molar-refractivity contribution in [3.05, 3.63) is 176 Å². The minimum Gasteiger partial charge on any atom is -0.313 e. The van der Waals surface area contributed by atoms with Crippen LogP contribution >= 0.6 is 0 Å². The lowest BCUT2D eigenvalue weighted by Gasteiger charge is -2.41. The molecule has 0 saturated carbocycles. The first-order chi connectivity index (χ1) is 23.1. The summed E-state index contributed by atoms with van der Waals surface area (Å²) >= 11 is 0. The Hall–Kier alpha value is -5.08. The van der Waals surface area contributed by atoms with Crippen molar-refractivity contribution >= 4 is 34.1 Å². The Labute approximate surface area is 286 Å². The zero-order chi connectivity index (χ0) is 33.7. The Morgan fingerprint density at radius 3 is 1.31 bits per heavy atom. The van der Waals surface area contributed by atoms with Gasteiger partial charge in [0.1, 0.15) is 0 Å². The van der Waals surface area contributed by atoms with Gasteiger partial charge in [0, 0.05) is 44.8 Å². The van der Waals surface area contributed by atoms with E-state index in [9.17, 15) is 0 Å². The highest BCUT2D eigenvalue weighted by atomic mass is 15.2. The van der Waals surface area contributed by atoms with E-state index in [0.717, 1.165) is 6.42 Å². The van der Waals surface area contributed by atoms with Crippen LogP contribution in [-0.2, 0) is 0 Å².